The highest BCUT2D eigenvalue weighted by Gasteiger charge is 2.31. The first-order valence-corrected chi connectivity index (χ1v) is 9.92. The topological polar surface area (TPSA) is 105 Å². The van der Waals surface area contributed by atoms with E-state index in [1.54, 1.807) is 43.0 Å². The first-order valence-electron chi connectivity index (χ1n) is 9.54. The molecule has 0 aliphatic carbocycles. The van der Waals surface area contributed by atoms with Crippen LogP contribution in [-0.4, -0.2) is 54.0 Å². The van der Waals surface area contributed by atoms with E-state index in [1.807, 2.05) is 0 Å². The second-order valence-corrected chi connectivity index (χ2v) is 7.71. The fourth-order valence-electron chi connectivity index (χ4n) is 2.93. The molecule has 8 nitrogen and oxygen atoms in total. The zero-order chi connectivity index (χ0) is 21.6. The smallest absolute Gasteiger partial charge is 0.321 e. The summed E-state index contributed by atoms with van der Waals surface area (Å²) in [6, 6.07) is 5.89. The average Bonchev–Trinajstić information content (AvgIpc) is 2.67. The molecule has 1 aromatic carbocycles. The Labute approximate surface area is 174 Å². The number of nitrogens with one attached hydrogen (secondary N) is 2. The first-order chi connectivity index (χ1) is 13.7. The van der Waals surface area contributed by atoms with Gasteiger partial charge in [0.25, 0.3) is 11.8 Å². The molecule has 0 radical (unpaired) electrons. The van der Waals surface area contributed by atoms with Crippen LogP contribution in [0.2, 0.25) is 5.02 Å². The molecule has 0 saturated carbocycles. The number of hydrogen-bond acceptors (Lipinski definition) is 5. The van der Waals surface area contributed by atoms with Crippen LogP contribution >= 0.6 is 11.6 Å². The van der Waals surface area contributed by atoms with E-state index in [1.165, 1.54) is 6.92 Å². The van der Waals surface area contributed by atoms with Crippen molar-refractivity contribution < 1.29 is 23.9 Å². The number of piperidine rings is 1. The number of urea groups is 1. The van der Waals surface area contributed by atoms with Gasteiger partial charge in [0, 0.05) is 29.7 Å². The minimum Gasteiger partial charge on any atom is -0.452 e. The summed E-state index contributed by atoms with van der Waals surface area (Å²) in [6.45, 7) is 5.77. The number of halogens is 1. The summed E-state index contributed by atoms with van der Waals surface area (Å²) in [7, 11) is 0. The number of carbonyl (C=O) groups excluding carboxylic acids is 4. The molecule has 1 aliphatic rings. The predicted octanol–water partition coefficient (Wildman–Crippen LogP) is 2.36. The molecule has 0 aromatic heterocycles. The highest BCUT2D eigenvalue weighted by Crippen LogP contribution is 2.21. The number of esters is 1. The highest BCUT2D eigenvalue weighted by atomic mass is 35.5. The fourth-order valence-corrected chi connectivity index (χ4v) is 3.06. The van der Waals surface area contributed by atoms with Gasteiger partial charge in [-0.05, 0) is 57.9 Å². The number of benzene rings is 1. The number of amides is 4. The number of nitrogens with zero attached hydrogens (tertiary/aromatic N) is 1. The van der Waals surface area contributed by atoms with E-state index < -0.39 is 29.9 Å². The SMILES string of the molecule is CC(C)NC(=O)NC(=O)[C@H](C)OC(=O)C1CCN(C(=O)c2ccc(Cl)cc2)CC1. The quantitative estimate of drug-likeness (QED) is 0.707. The first kappa shape index (κ1) is 22.7. The molecule has 1 aliphatic heterocycles. The third-order valence-electron chi connectivity index (χ3n) is 4.53. The molecule has 29 heavy (non-hydrogen) atoms. The third-order valence-corrected chi connectivity index (χ3v) is 4.78. The maximum atomic E-state index is 12.5. The Morgan fingerprint density at radius 2 is 1.66 bits per heavy atom. The van der Waals surface area contributed by atoms with Crippen LogP contribution in [0.1, 0.15) is 44.0 Å². The molecule has 1 saturated heterocycles. The number of carbonyl (C=O) groups is 4. The Balaban J connectivity index is 1.80. The summed E-state index contributed by atoms with van der Waals surface area (Å²) in [5.41, 5.74) is 0.542. The predicted molar refractivity (Wildman–Crippen MR) is 107 cm³/mol. The minimum absolute atomic E-state index is 0.114. The second-order valence-electron chi connectivity index (χ2n) is 7.27. The van der Waals surface area contributed by atoms with E-state index >= 15 is 0 Å². The van der Waals surface area contributed by atoms with Crippen LogP contribution in [-0.2, 0) is 14.3 Å². The molecule has 2 rings (SSSR count). The van der Waals surface area contributed by atoms with E-state index in [4.69, 9.17) is 16.3 Å². The van der Waals surface area contributed by atoms with Gasteiger partial charge in [-0.25, -0.2) is 4.79 Å². The lowest BCUT2D eigenvalue weighted by Crippen LogP contribution is -2.47. The summed E-state index contributed by atoms with van der Waals surface area (Å²) < 4.78 is 5.20. The van der Waals surface area contributed by atoms with Crippen LogP contribution in [0.5, 0.6) is 0 Å². The molecule has 1 heterocycles. The van der Waals surface area contributed by atoms with Crippen molar-refractivity contribution in [2.45, 2.75) is 45.8 Å². The van der Waals surface area contributed by atoms with Crippen LogP contribution in [0.25, 0.3) is 0 Å². The summed E-state index contributed by atoms with van der Waals surface area (Å²) in [5, 5.41) is 5.21. The molecular formula is C20H26ClN3O5. The molecule has 1 aromatic rings. The van der Waals surface area contributed by atoms with E-state index in [0.29, 0.717) is 36.5 Å². The summed E-state index contributed by atoms with van der Waals surface area (Å²) in [4.78, 5) is 50.1. The van der Waals surface area contributed by atoms with Gasteiger partial charge in [0.2, 0.25) is 0 Å². The summed E-state index contributed by atoms with van der Waals surface area (Å²) in [5.74, 6) is -1.70. The zero-order valence-corrected chi connectivity index (χ0v) is 17.5. The Hall–Kier alpha value is -2.61. The largest absolute Gasteiger partial charge is 0.452 e. The number of imide groups is 1. The van der Waals surface area contributed by atoms with Crippen LogP contribution in [0.3, 0.4) is 0 Å². The Morgan fingerprint density at radius 1 is 1.07 bits per heavy atom. The van der Waals surface area contributed by atoms with Crippen molar-refractivity contribution in [2.24, 2.45) is 5.92 Å². The second kappa shape index (κ2) is 10.2. The Bertz CT molecular complexity index is 758. The highest BCUT2D eigenvalue weighted by molar-refractivity contribution is 6.30. The van der Waals surface area contributed by atoms with Gasteiger partial charge in [0.15, 0.2) is 6.10 Å². The number of ether oxygens (including phenoxy) is 1. The molecule has 158 valence electrons. The minimum atomic E-state index is -1.09. The van der Waals surface area contributed by atoms with Crippen molar-refractivity contribution in [3.63, 3.8) is 0 Å². The van der Waals surface area contributed by atoms with Crippen molar-refractivity contribution in [3.05, 3.63) is 34.9 Å². The lowest BCUT2D eigenvalue weighted by molar-refractivity contribution is -0.159. The van der Waals surface area contributed by atoms with Crippen LogP contribution in [0.4, 0.5) is 4.79 Å². The maximum absolute atomic E-state index is 12.5. The van der Waals surface area contributed by atoms with Gasteiger partial charge in [0.05, 0.1) is 5.92 Å². The summed E-state index contributed by atoms with van der Waals surface area (Å²) >= 11 is 5.84. The van der Waals surface area contributed by atoms with E-state index in [9.17, 15) is 19.2 Å². The van der Waals surface area contributed by atoms with Crippen molar-refractivity contribution in [1.82, 2.24) is 15.5 Å². The summed E-state index contributed by atoms with van der Waals surface area (Å²) in [6.07, 6.45) is -0.199. The van der Waals surface area contributed by atoms with Gasteiger partial charge in [-0.2, -0.15) is 0 Å². The Morgan fingerprint density at radius 3 is 2.21 bits per heavy atom. The van der Waals surface area contributed by atoms with Crippen molar-refractivity contribution in [2.75, 3.05) is 13.1 Å². The molecule has 1 atom stereocenters. The van der Waals surface area contributed by atoms with Gasteiger partial charge in [0.1, 0.15) is 0 Å². The lowest BCUT2D eigenvalue weighted by atomic mass is 9.96. The van der Waals surface area contributed by atoms with Gasteiger partial charge >= 0.3 is 12.0 Å². The molecular weight excluding hydrogens is 398 g/mol. The monoisotopic (exact) mass is 423 g/mol. The van der Waals surface area contributed by atoms with Gasteiger partial charge < -0.3 is 15.0 Å². The van der Waals surface area contributed by atoms with Crippen LogP contribution in [0.15, 0.2) is 24.3 Å². The van der Waals surface area contributed by atoms with E-state index in [-0.39, 0.29) is 11.9 Å². The van der Waals surface area contributed by atoms with Gasteiger partial charge in [-0.1, -0.05) is 11.6 Å². The van der Waals surface area contributed by atoms with Crippen LogP contribution in [0, 0.1) is 5.92 Å². The zero-order valence-electron chi connectivity index (χ0n) is 16.7. The van der Waals surface area contributed by atoms with E-state index in [0.717, 1.165) is 0 Å². The molecule has 0 unspecified atom stereocenters. The van der Waals surface area contributed by atoms with Gasteiger partial charge in [-0.15, -0.1) is 0 Å². The Kier molecular flexibility index (Phi) is 8.01. The lowest BCUT2D eigenvalue weighted by Gasteiger charge is -2.31. The van der Waals surface area contributed by atoms with Crippen molar-refractivity contribution in [3.8, 4) is 0 Å². The van der Waals surface area contributed by atoms with Gasteiger partial charge in [-0.3, -0.25) is 19.7 Å². The van der Waals surface area contributed by atoms with Crippen molar-refractivity contribution in [1.29, 1.82) is 0 Å². The number of rotatable bonds is 5. The number of likely N-dealkylation sites (tertiary alicyclic amines) is 1. The molecule has 1 fully saturated rings. The van der Waals surface area contributed by atoms with Crippen molar-refractivity contribution >= 4 is 35.4 Å². The maximum Gasteiger partial charge on any atom is 0.321 e. The van der Waals surface area contributed by atoms with E-state index in [2.05, 4.69) is 10.6 Å². The number of hydrogen-bond donors (Lipinski definition) is 2. The molecule has 0 spiro atoms. The molecule has 0 bridgehead atoms. The molecule has 4 amide bonds. The average molecular weight is 424 g/mol. The van der Waals surface area contributed by atoms with Crippen LogP contribution < -0.4 is 10.6 Å². The fraction of sp³-hybridized carbons (Fsp3) is 0.500. The normalized spacial score (nSPS) is 15.6. The third kappa shape index (κ3) is 6.74. The standard InChI is InChI=1S/C20H26ClN3O5/c1-12(2)22-20(28)23-17(25)13(3)29-19(27)15-8-10-24(11-9-15)18(26)14-4-6-16(21)7-5-14/h4-7,12-13,15H,8-11H2,1-3H3,(H2,22,23,25,28)/t13-/m0/s1. The molecule has 2 N–H and O–H groups in total. The molecule has 9 heteroatoms.